The average molecular weight is 412 g/mol. The maximum Gasteiger partial charge on any atom is 0.150 e. The lowest BCUT2D eigenvalue weighted by atomic mass is 9.87. The number of benzene rings is 1. The van der Waals surface area contributed by atoms with Gasteiger partial charge in [-0.1, -0.05) is 43.7 Å². The third kappa shape index (κ3) is 4.26. The van der Waals surface area contributed by atoms with Crippen molar-refractivity contribution >= 4 is 11.0 Å². The minimum absolute atomic E-state index is 0.114. The minimum atomic E-state index is -0.260. The number of rotatable bonds is 2. The van der Waals surface area contributed by atoms with Crippen LogP contribution in [0.15, 0.2) is 42.7 Å². The van der Waals surface area contributed by atoms with Gasteiger partial charge in [-0.05, 0) is 36.0 Å². The molecule has 0 radical (unpaired) electrons. The fourth-order valence-electron chi connectivity index (χ4n) is 4.39. The number of aromatic nitrogens is 2. The molecule has 0 saturated carbocycles. The Balaban J connectivity index is 0.000000151. The van der Waals surface area contributed by atoms with Crippen LogP contribution in [-0.2, 0) is 4.74 Å². The third-order valence-electron chi connectivity index (χ3n) is 6.20. The summed E-state index contributed by atoms with van der Waals surface area (Å²) in [6.07, 6.45) is 2.92. The van der Waals surface area contributed by atoms with Crippen LogP contribution in [0.4, 0.5) is 4.39 Å². The predicted octanol–water partition coefficient (Wildman–Crippen LogP) is 4.01. The number of aryl methyl sites for hydroxylation is 1. The Hall–Kier alpha value is -2.28. The maximum absolute atomic E-state index is 13.7. The summed E-state index contributed by atoms with van der Waals surface area (Å²) < 4.78 is 18.9. The number of aliphatic hydroxyl groups excluding tert-OH is 1. The molecule has 1 aromatic carbocycles. The molecule has 5 nitrogen and oxygen atoms in total. The van der Waals surface area contributed by atoms with Crippen molar-refractivity contribution in [3.63, 3.8) is 0 Å². The first-order valence-electron chi connectivity index (χ1n) is 10.6. The molecule has 0 aliphatic carbocycles. The van der Waals surface area contributed by atoms with Gasteiger partial charge >= 0.3 is 0 Å². The standard InChI is InChI=1S/C14H11FN2.C10H19NO2/c1-9-3-2-4-10(7-9)11-5-6-16-14-13(11)12(15)8-17-14;1-7-3-11(9-5-13-6-9)4-8(2)10(7)12/h2-8H,1H3,(H,16,17);7-10,12H,3-6H2,1-2H3. The number of aromatic amines is 1. The summed E-state index contributed by atoms with van der Waals surface area (Å²) in [6.45, 7) is 10.1. The topological polar surface area (TPSA) is 61.4 Å². The van der Waals surface area contributed by atoms with Gasteiger partial charge in [0.25, 0.3) is 0 Å². The van der Waals surface area contributed by atoms with Crippen molar-refractivity contribution in [3.8, 4) is 11.1 Å². The van der Waals surface area contributed by atoms with Gasteiger partial charge in [0.2, 0.25) is 0 Å². The van der Waals surface area contributed by atoms with Gasteiger partial charge in [-0.2, -0.15) is 0 Å². The molecular weight excluding hydrogens is 381 g/mol. The summed E-state index contributed by atoms with van der Waals surface area (Å²) in [6, 6.07) is 10.5. The van der Waals surface area contributed by atoms with E-state index in [1.807, 2.05) is 37.3 Å². The second-order valence-corrected chi connectivity index (χ2v) is 8.68. The molecule has 2 aromatic heterocycles. The predicted molar refractivity (Wildman–Crippen MR) is 117 cm³/mol. The number of H-pyrrole nitrogens is 1. The molecule has 2 unspecified atom stereocenters. The van der Waals surface area contributed by atoms with Gasteiger partial charge in [-0.3, -0.25) is 4.90 Å². The first-order valence-corrected chi connectivity index (χ1v) is 10.6. The number of fused-ring (bicyclic) bond motifs is 1. The van der Waals surface area contributed by atoms with Crippen molar-refractivity contribution in [1.82, 2.24) is 14.9 Å². The molecule has 2 fully saturated rings. The number of hydrogen-bond donors (Lipinski definition) is 2. The van der Waals surface area contributed by atoms with Gasteiger partial charge in [0.15, 0.2) is 5.82 Å². The monoisotopic (exact) mass is 411 g/mol. The maximum atomic E-state index is 13.7. The van der Waals surface area contributed by atoms with E-state index >= 15 is 0 Å². The van der Waals surface area contributed by atoms with E-state index in [1.165, 1.54) is 6.20 Å². The molecule has 0 spiro atoms. The summed E-state index contributed by atoms with van der Waals surface area (Å²) >= 11 is 0. The molecule has 2 N–H and O–H groups in total. The van der Waals surface area contributed by atoms with Crippen LogP contribution < -0.4 is 0 Å². The largest absolute Gasteiger partial charge is 0.392 e. The molecule has 2 aliphatic rings. The Labute approximate surface area is 176 Å². The highest BCUT2D eigenvalue weighted by atomic mass is 19.1. The van der Waals surface area contributed by atoms with Gasteiger partial charge in [0.05, 0.1) is 30.7 Å². The number of hydrogen-bond acceptors (Lipinski definition) is 4. The van der Waals surface area contributed by atoms with Crippen molar-refractivity contribution in [2.45, 2.75) is 32.9 Å². The third-order valence-corrected chi connectivity index (χ3v) is 6.20. The van der Waals surface area contributed by atoms with E-state index in [9.17, 15) is 9.50 Å². The van der Waals surface area contributed by atoms with Gasteiger partial charge < -0.3 is 14.8 Å². The lowest BCUT2D eigenvalue weighted by Crippen LogP contribution is -2.57. The number of ether oxygens (including phenoxy) is 1. The number of pyridine rings is 1. The van der Waals surface area contributed by atoms with Crippen LogP contribution in [0.25, 0.3) is 22.2 Å². The number of nitrogens with zero attached hydrogens (tertiary/aromatic N) is 2. The fraction of sp³-hybridized carbons (Fsp3) is 0.458. The summed E-state index contributed by atoms with van der Waals surface area (Å²) in [5, 5.41) is 10.3. The van der Waals surface area contributed by atoms with Crippen LogP contribution in [-0.4, -0.2) is 58.4 Å². The highest BCUT2D eigenvalue weighted by Gasteiger charge is 2.35. The van der Waals surface area contributed by atoms with Gasteiger partial charge in [-0.15, -0.1) is 0 Å². The first-order chi connectivity index (χ1) is 14.4. The summed E-state index contributed by atoms with van der Waals surface area (Å²) in [7, 11) is 0. The summed E-state index contributed by atoms with van der Waals surface area (Å²) in [5.74, 6) is 0.554. The molecule has 2 aliphatic heterocycles. The van der Waals surface area contributed by atoms with E-state index in [-0.39, 0.29) is 11.9 Å². The Kier molecular flexibility index (Phi) is 6.18. The van der Waals surface area contributed by atoms with Crippen LogP contribution in [0.5, 0.6) is 0 Å². The minimum Gasteiger partial charge on any atom is -0.392 e. The number of likely N-dealkylation sites (tertiary alicyclic amines) is 1. The highest BCUT2D eigenvalue weighted by Crippen LogP contribution is 2.29. The average Bonchev–Trinajstić information content (AvgIpc) is 3.06. The van der Waals surface area contributed by atoms with Crippen molar-refractivity contribution in [1.29, 1.82) is 0 Å². The molecule has 5 rings (SSSR count). The molecule has 0 amide bonds. The number of halogens is 1. The van der Waals surface area contributed by atoms with Crippen LogP contribution in [0.2, 0.25) is 0 Å². The second-order valence-electron chi connectivity index (χ2n) is 8.68. The molecule has 30 heavy (non-hydrogen) atoms. The molecule has 2 saturated heterocycles. The Morgan fingerprint density at radius 3 is 2.53 bits per heavy atom. The quantitative estimate of drug-likeness (QED) is 0.669. The van der Waals surface area contributed by atoms with Crippen molar-refractivity contribution in [3.05, 3.63) is 54.1 Å². The second kappa shape index (κ2) is 8.84. The summed E-state index contributed by atoms with van der Waals surface area (Å²) in [4.78, 5) is 9.41. The van der Waals surface area contributed by atoms with Crippen molar-refractivity contribution in [2.75, 3.05) is 26.3 Å². The summed E-state index contributed by atoms with van der Waals surface area (Å²) in [5.41, 5.74) is 3.62. The molecule has 4 heterocycles. The Bertz CT molecular complexity index is 989. The van der Waals surface area contributed by atoms with Gasteiger partial charge in [-0.25, -0.2) is 9.37 Å². The van der Waals surface area contributed by atoms with Crippen LogP contribution in [0.1, 0.15) is 19.4 Å². The molecule has 0 bridgehead atoms. The van der Waals surface area contributed by atoms with E-state index in [2.05, 4.69) is 28.7 Å². The van der Waals surface area contributed by atoms with E-state index in [0.717, 1.165) is 43.0 Å². The molecule has 160 valence electrons. The highest BCUT2D eigenvalue weighted by molar-refractivity contribution is 5.93. The van der Waals surface area contributed by atoms with Gasteiger partial charge in [0.1, 0.15) is 5.65 Å². The normalized spacial score (nSPS) is 24.9. The van der Waals surface area contributed by atoms with Crippen LogP contribution >= 0.6 is 0 Å². The Morgan fingerprint density at radius 1 is 1.17 bits per heavy atom. The molecule has 3 aromatic rings. The zero-order chi connectivity index (χ0) is 21.3. The first kappa shape index (κ1) is 21.0. The van der Waals surface area contributed by atoms with Gasteiger partial charge in [0, 0.05) is 25.5 Å². The van der Waals surface area contributed by atoms with E-state index < -0.39 is 0 Å². The zero-order valence-corrected chi connectivity index (χ0v) is 17.8. The zero-order valence-electron chi connectivity index (χ0n) is 17.8. The lowest BCUT2D eigenvalue weighted by Gasteiger charge is -2.45. The number of piperidine rings is 1. The van der Waals surface area contributed by atoms with Crippen molar-refractivity contribution in [2.24, 2.45) is 11.8 Å². The number of aliphatic hydroxyl groups is 1. The number of nitrogens with one attached hydrogen (secondary N) is 1. The lowest BCUT2D eigenvalue weighted by molar-refractivity contribution is -0.104. The van der Waals surface area contributed by atoms with Crippen molar-refractivity contribution < 1.29 is 14.2 Å². The fourth-order valence-corrected chi connectivity index (χ4v) is 4.39. The molecular formula is C24H30FN3O2. The SMILES string of the molecule is CC1CN(C2COC2)CC(C)C1O.Cc1cccc(-c2ccnc3[nH]cc(F)c23)c1. The van der Waals surface area contributed by atoms with Crippen LogP contribution in [0, 0.1) is 24.6 Å². The Morgan fingerprint density at radius 2 is 1.90 bits per heavy atom. The van der Waals surface area contributed by atoms with Crippen LogP contribution in [0.3, 0.4) is 0 Å². The van der Waals surface area contributed by atoms with E-state index in [0.29, 0.717) is 28.9 Å². The molecule has 6 heteroatoms. The smallest absolute Gasteiger partial charge is 0.150 e. The van der Waals surface area contributed by atoms with E-state index in [1.54, 1.807) is 6.20 Å². The van der Waals surface area contributed by atoms with E-state index in [4.69, 9.17) is 4.74 Å². The molecule has 2 atom stereocenters.